The van der Waals surface area contributed by atoms with Gasteiger partial charge in [0.1, 0.15) is 0 Å². The van der Waals surface area contributed by atoms with Gasteiger partial charge in [-0.2, -0.15) is 4.98 Å². The summed E-state index contributed by atoms with van der Waals surface area (Å²) in [5.74, 6) is 1.34. The predicted octanol–water partition coefficient (Wildman–Crippen LogP) is 1.39. The van der Waals surface area contributed by atoms with E-state index in [2.05, 4.69) is 17.1 Å². The molecule has 1 aliphatic heterocycles. The van der Waals surface area contributed by atoms with Crippen molar-refractivity contribution < 1.29 is 14.0 Å². The number of aromatic nitrogens is 2. The minimum absolute atomic E-state index is 0.199. The first-order valence-corrected chi connectivity index (χ1v) is 6.49. The second-order valence-corrected chi connectivity index (χ2v) is 4.75. The summed E-state index contributed by atoms with van der Waals surface area (Å²) in [6, 6.07) is -0.325. The molecule has 1 saturated heterocycles. The third kappa shape index (κ3) is 3.28. The highest BCUT2D eigenvalue weighted by Crippen LogP contribution is 2.28. The van der Waals surface area contributed by atoms with Crippen molar-refractivity contribution in [2.45, 2.75) is 44.8 Å². The third-order valence-corrected chi connectivity index (χ3v) is 2.98. The first-order valence-electron chi connectivity index (χ1n) is 6.49. The first kappa shape index (κ1) is 13.5. The number of rotatable bonds is 6. The van der Waals surface area contributed by atoms with Crippen molar-refractivity contribution in [2.24, 2.45) is 5.73 Å². The zero-order chi connectivity index (χ0) is 13.0. The topological polar surface area (TPSA) is 83.4 Å². The largest absolute Gasteiger partial charge is 0.379 e. The highest BCUT2D eigenvalue weighted by Gasteiger charge is 2.29. The van der Waals surface area contributed by atoms with Crippen LogP contribution in [-0.2, 0) is 9.47 Å². The van der Waals surface area contributed by atoms with Crippen molar-refractivity contribution in [3.8, 4) is 0 Å². The first-order chi connectivity index (χ1) is 8.70. The van der Waals surface area contributed by atoms with Crippen LogP contribution in [0.1, 0.15) is 50.4 Å². The molecule has 0 amide bonds. The van der Waals surface area contributed by atoms with Crippen LogP contribution in [0.15, 0.2) is 4.52 Å². The molecule has 6 heteroatoms. The van der Waals surface area contributed by atoms with Gasteiger partial charge in [0.05, 0.1) is 31.3 Å². The van der Waals surface area contributed by atoms with E-state index in [1.165, 1.54) is 0 Å². The molecule has 2 heterocycles. The van der Waals surface area contributed by atoms with Gasteiger partial charge >= 0.3 is 0 Å². The van der Waals surface area contributed by atoms with Crippen LogP contribution in [0.2, 0.25) is 0 Å². The molecule has 1 aromatic rings. The molecule has 102 valence electrons. The molecule has 0 bridgehead atoms. The minimum Gasteiger partial charge on any atom is -0.379 e. The van der Waals surface area contributed by atoms with E-state index in [4.69, 9.17) is 19.7 Å². The highest BCUT2D eigenvalue weighted by molar-refractivity contribution is 5.00. The molecule has 0 radical (unpaired) electrons. The van der Waals surface area contributed by atoms with Gasteiger partial charge in [0, 0.05) is 6.61 Å². The normalized spacial score (nSPS) is 25.5. The van der Waals surface area contributed by atoms with Gasteiger partial charge in [-0.3, -0.25) is 0 Å². The van der Waals surface area contributed by atoms with E-state index in [1.807, 2.05) is 6.92 Å². The maximum atomic E-state index is 5.93. The fourth-order valence-corrected chi connectivity index (χ4v) is 1.98. The van der Waals surface area contributed by atoms with E-state index < -0.39 is 0 Å². The molecule has 1 fully saturated rings. The second kappa shape index (κ2) is 6.26. The zero-order valence-electron chi connectivity index (χ0n) is 11.0. The van der Waals surface area contributed by atoms with E-state index in [0.717, 1.165) is 12.8 Å². The molecule has 2 N–H and O–H groups in total. The molecular weight excluding hydrogens is 234 g/mol. The molecule has 3 unspecified atom stereocenters. The summed E-state index contributed by atoms with van der Waals surface area (Å²) in [7, 11) is 0. The van der Waals surface area contributed by atoms with Gasteiger partial charge in [-0.1, -0.05) is 12.1 Å². The molecule has 3 atom stereocenters. The lowest BCUT2D eigenvalue weighted by molar-refractivity contribution is 0.119. The summed E-state index contributed by atoms with van der Waals surface area (Å²) in [5.41, 5.74) is 5.93. The number of nitrogens with zero attached hydrogens (tertiary/aromatic N) is 2. The lowest BCUT2D eigenvalue weighted by atomic mass is 10.1. The smallest absolute Gasteiger partial charge is 0.232 e. The highest BCUT2D eigenvalue weighted by atomic mass is 16.5. The number of hydrogen-bond acceptors (Lipinski definition) is 6. The van der Waals surface area contributed by atoms with E-state index in [9.17, 15) is 0 Å². The van der Waals surface area contributed by atoms with Gasteiger partial charge in [0.15, 0.2) is 5.82 Å². The van der Waals surface area contributed by atoms with Gasteiger partial charge < -0.3 is 19.7 Å². The third-order valence-electron chi connectivity index (χ3n) is 2.98. The summed E-state index contributed by atoms with van der Waals surface area (Å²) in [4.78, 5) is 4.34. The fourth-order valence-electron chi connectivity index (χ4n) is 1.98. The lowest BCUT2D eigenvalue weighted by Crippen LogP contribution is -2.19. The SMILES string of the molecule is CCCOCC(N)c1noc(C2COC(C)C2)n1. The molecule has 1 aliphatic rings. The Morgan fingerprint density at radius 1 is 1.56 bits per heavy atom. The zero-order valence-corrected chi connectivity index (χ0v) is 11.0. The molecule has 0 aliphatic carbocycles. The summed E-state index contributed by atoms with van der Waals surface area (Å²) in [5, 5.41) is 3.92. The molecule has 0 saturated carbocycles. The Morgan fingerprint density at radius 2 is 2.39 bits per heavy atom. The Balaban J connectivity index is 1.89. The molecule has 1 aromatic heterocycles. The van der Waals surface area contributed by atoms with E-state index in [0.29, 0.717) is 31.5 Å². The maximum absolute atomic E-state index is 5.93. The van der Waals surface area contributed by atoms with Crippen LogP contribution in [-0.4, -0.2) is 36.1 Å². The van der Waals surface area contributed by atoms with E-state index in [-0.39, 0.29) is 18.1 Å². The summed E-state index contributed by atoms with van der Waals surface area (Å²) >= 11 is 0. The Kier molecular flexibility index (Phi) is 4.68. The van der Waals surface area contributed by atoms with Crippen LogP contribution in [0.3, 0.4) is 0 Å². The Morgan fingerprint density at radius 3 is 3.06 bits per heavy atom. The number of nitrogens with two attached hydrogens (primary N) is 1. The van der Waals surface area contributed by atoms with Crippen LogP contribution < -0.4 is 5.73 Å². The van der Waals surface area contributed by atoms with E-state index in [1.54, 1.807) is 0 Å². The second-order valence-electron chi connectivity index (χ2n) is 4.75. The van der Waals surface area contributed by atoms with Crippen LogP contribution in [0.25, 0.3) is 0 Å². The molecular formula is C12H21N3O3. The van der Waals surface area contributed by atoms with Gasteiger partial charge in [-0.25, -0.2) is 0 Å². The van der Waals surface area contributed by atoms with Crippen LogP contribution >= 0.6 is 0 Å². The average molecular weight is 255 g/mol. The Hall–Kier alpha value is -0.980. The monoisotopic (exact) mass is 255 g/mol. The number of hydrogen-bond donors (Lipinski definition) is 1. The summed E-state index contributed by atoms with van der Waals surface area (Å²) in [6.07, 6.45) is 2.15. The van der Waals surface area contributed by atoms with Crippen LogP contribution in [0.4, 0.5) is 0 Å². The molecule has 2 rings (SSSR count). The number of ether oxygens (including phenoxy) is 2. The standard InChI is InChI=1S/C12H21N3O3/c1-3-4-16-7-10(13)11-14-12(18-15-11)9-5-8(2)17-6-9/h8-10H,3-7,13H2,1-2H3. The van der Waals surface area contributed by atoms with Gasteiger partial charge in [0.25, 0.3) is 0 Å². The molecule has 0 aromatic carbocycles. The van der Waals surface area contributed by atoms with Gasteiger partial charge in [0.2, 0.25) is 5.89 Å². The van der Waals surface area contributed by atoms with Gasteiger partial charge in [-0.15, -0.1) is 0 Å². The molecule has 6 nitrogen and oxygen atoms in total. The Bertz CT molecular complexity index is 369. The van der Waals surface area contributed by atoms with Crippen LogP contribution in [0.5, 0.6) is 0 Å². The minimum atomic E-state index is -0.325. The van der Waals surface area contributed by atoms with Crippen molar-refractivity contribution in [3.05, 3.63) is 11.7 Å². The van der Waals surface area contributed by atoms with Crippen molar-refractivity contribution >= 4 is 0 Å². The van der Waals surface area contributed by atoms with Crippen molar-refractivity contribution in [3.63, 3.8) is 0 Å². The lowest BCUT2D eigenvalue weighted by Gasteiger charge is -2.06. The van der Waals surface area contributed by atoms with E-state index >= 15 is 0 Å². The quantitative estimate of drug-likeness (QED) is 0.773. The fraction of sp³-hybridized carbons (Fsp3) is 0.833. The van der Waals surface area contributed by atoms with Crippen molar-refractivity contribution in [2.75, 3.05) is 19.8 Å². The maximum Gasteiger partial charge on any atom is 0.232 e. The summed E-state index contributed by atoms with van der Waals surface area (Å²) in [6.45, 7) is 5.86. The van der Waals surface area contributed by atoms with Crippen molar-refractivity contribution in [1.82, 2.24) is 10.1 Å². The Labute approximate surface area is 107 Å². The molecule has 18 heavy (non-hydrogen) atoms. The average Bonchev–Trinajstić information content (AvgIpc) is 2.97. The van der Waals surface area contributed by atoms with Crippen LogP contribution in [0, 0.1) is 0 Å². The molecule has 0 spiro atoms. The summed E-state index contributed by atoms with van der Waals surface area (Å²) < 4.78 is 16.1. The van der Waals surface area contributed by atoms with Crippen molar-refractivity contribution in [1.29, 1.82) is 0 Å². The predicted molar refractivity (Wildman–Crippen MR) is 65.1 cm³/mol. The van der Waals surface area contributed by atoms with Gasteiger partial charge in [-0.05, 0) is 19.8 Å².